The number of nitrogens with zero attached hydrogens (tertiary/aromatic N) is 3. The maximum absolute atomic E-state index is 13.2. The van der Waals surface area contributed by atoms with Crippen LogP contribution in [0.4, 0.5) is 22.0 Å². The SMILES string of the molecule is CCCOc1nc(NN)nc(Nc2ccc(F)c(C)c2)n1. The van der Waals surface area contributed by atoms with E-state index in [-0.39, 0.29) is 23.7 Å². The van der Waals surface area contributed by atoms with Crippen LogP contribution in [0.25, 0.3) is 0 Å². The first kappa shape index (κ1) is 14.9. The van der Waals surface area contributed by atoms with Crippen molar-refractivity contribution < 1.29 is 9.13 Å². The number of halogens is 1. The number of nitrogen functional groups attached to an aromatic ring is 1. The Labute approximate surface area is 121 Å². The molecule has 0 aliphatic carbocycles. The van der Waals surface area contributed by atoms with Gasteiger partial charge in [0.05, 0.1) is 6.61 Å². The first-order valence-electron chi connectivity index (χ1n) is 6.51. The zero-order chi connectivity index (χ0) is 15.2. The Morgan fingerprint density at radius 2 is 2.00 bits per heavy atom. The van der Waals surface area contributed by atoms with E-state index in [9.17, 15) is 4.39 Å². The van der Waals surface area contributed by atoms with E-state index in [4.69, 9.17) is 10.6 Å². The Morgan fingerprint density at radius 1 is 1.24 bits per heavy atom. The summed E-state index contributed by atoms with van der Waals surface area (Å²) >= 11 is 0. The maximum Gasteiger partial charge on any atom is 0.323 e. The van der Waals surface area contributed by atoms with E-state index in [1.807, 2.05) is 6.92 Å². The summed E-state index contributed by atoms with van der Waals surface area (Å²) in [6, 6.07) is 4.78. The van der Waals surface area contributed by atoms with Crippen LogP contribution in [0, 0.1) is 12.7 Å². The van der Waals surface area contributed by atoms with Gasteiger partial charge < -0.3 is 10.1 Å². The highest BCUT2D eigenvalue weighted by Gasteiger charge is 2.08. The van der Waals surface area contributed by atoms with Crippen molar-refractivity contribution in [1.82, 2.24) is 15.0 Å². The summed E-state index contributed by atoms with van der Waals surface area (Å²) in [5.74, 6) is 5.48. The van der Waals surface area contributed by atoms with E-state index in [1.165, 1.54) is 6.07 Å². The molecule has 7 nitrogen and oxygen atoms in total. The molecule has 0 fully saturated rings. The number of rotatable bonds is 6. The minimum Gasteiger partial charge on any atom is -0.463 e. The van der Waals surface area contributed by atoms with Crippen LogP contribution < -0.4 is 21.3 Å². The number of aromatic nitrogens is 3. The molecule has 4 N–H and O–H groups in total. The quantitative estimate of drug-likeness (QED) is 0.554. The zero-order valence-electron chi connectivity index (χ0n) is 11.9. The molecule has 0 saturated carbocycles. The number of hydrazine groups is 1. The number of ether oxygens (including phenoxy) is 1. The Bertz CT molecular complexity index is 622. The van der Waals surface area contributed by atoms with Gasteiger partial charge in [-0.25, -0.2) is 10.2 Å². The van der Waals surface area contributed by atoms with Crippen molar-refractivity contribution in [3.05, 3.63) is 29.6 Å². The molecule has 8 heteroatoms. The first-order chi connectivity index (χ1) is 10.1. The fourth-order valence-corrected chi connectivity index (χ4v) is 1.59. The van der Waals surface area contributed by atoms with E-state index in [2.05, 4.69) is 25.7 Å². The third-order valence-electron chi connectivity index (χ3n) is 2.59. The highest BCUT2D eigenvalue weighted by Crippen LogP contribution is 2.19. The lowest BCUT2D eigenvalue weighted by atomic mass is 10.2. The van der Waals surface area contributed by atoms with Gasteiger partial charge in [0.2, 0.25) is 11.9 Å². The van der Waals surface area contributed by atoms with Crippen molar-refractivity contribution in [2.45, 2.75) is 20.3 Å². The topological polar surface area (TPSA) is 98.0 Å². The Balaban J connectivity index is 2.23. The zero-order valence-corrected chi connectivity index (χ0v) is 11.9. The fraction of sp³-hybridized carbons (Fsp3) is 0.308. The normalized spacial score (nSPS) is 10.3. The molecular formula is C13H17FN6O. The van der Waals surface area contributed by atoms with Gasteiger partial charge in [-0.05, 0) is 37.1 Å². The van der Waals surface area contributed by atoms with Crippen LogP contribution >= 0.6 is 0 Å². The Hall–Kier alpha value is -2.48. The number of hydrogen-bond acceptors (Lipinski definition) is 7. The van der Waals surface area contributed by atoms with E-state index >= 15 is 0 Å². The van der Waals surface area contributed by atoms with Crippen LogP contribution in [0.5, 0.6) is 6.01 Å². The summed E-state index contributed by atoms with van der Waals surface area (Å²) < 4.78 is 18.6. The number of hydrogen-bond donors (Lipinski definition) is 3. The fourth-order valence-electron chi connectivity index (χ4n) is 1.59. The number of anilines is 3. The van der Waals surface area contributed by atoms with Gasteiger partial charge in [-0.1, -0.05) is 6.92 Å². The van der Waals surface area contributed by atoms with Crippen molar-refractivity contribution in [3.63, 3.8) is 0 Å². The first-order valence-corrected chi connectivity index (χ1v) is 6.51. The third kappa shape index (κ3) is 3.99. The molecule has 21 heavy (non-hydrogen) atoms. The molecule has 2 aromatic rings. The predicted octanol–water partition coefficient (Wildman–Crippen LogP) is 2.14. The molecule has 1 heterocycles. The van der Waals surface area contributed by atoms with Gasteiger partial charge in [0.25, 0.3) is 0 Å². The van der Waals surface area contributed by atoms with E-state index in [0.29, 0.717) is 17.9 Å². The summed E-state index contributed by atoms with van der Waals surface area (Å²) in [5.41, 5.74) is 3.53. The van der Waals surface area contributed by atoms with Crippen LogP contribution in [0.15, 0.2) is 18.2 Å². The summed E-state index contributed by atoms with van der Waals surface area (Å²) in [6.07, 6.45) is 0.830. The molecule has 0 spiro atoms. The molecule has 0 saturated heterocycles. The van der Waals surface area contributed by atoms with Gasteiger partial charge in [0.1, 0.15) is 5.82 Å². The second-order valence-electron chi connectivity index (χ2n) is 4.35. The molecule has 2 rings (SSSR count). The van der Waals surface area contributed by atoms with Crippen molar-refractivity contribution in [2.75, 3.05) is 17.3 Å². The average Bonchev–Trinajstić information content (AvgIpc) is 2.48. The number of nitrogens with two attached hydrogens (primary N) is 1. The number of aryl methyl sites for hydroxylation is 1. The molecule has 0 unspecified atom stereocenters. The largest absolute Gasteiger partial charge is 0.463 e. The highest BCUT2D eigenvalue weighted by atomic mass is 19.1. The van der Waals surface area contributed by atoms with E-state index in [1.54, 1.807) is 19.1 Å². The Morgan fingerprint density at radius 3 is 2.67 bits per heavy atom. The molecule has 1 aromatic carbocycles. The highest BCUT2D eigenvalue weighted by molar-refractivity contribution is 5.55. The van der Waals surface area contributed by atoms with Crippen molar-refractivity contribution in [3.8, 4) is 6.01 Å². The van der Waals surface area contributed by atoms with Gasteiger partial charge in [0, 0.05) is 5.69 Å². The molecular weight excluding hydrogens is 275 g/mol. The summed E-state index contributed by atoms with van der Waals surface area (Å²) in [4.78, 5) is 12.2. The van der Waals surface area contributed by atoms with Crippen LogP contribution in [-0.2, 0) is 0 Å². The van der Waals surface area contributed by atoms with Crippen molar-refractivity contribution >= 4 is 17.6 Å². The molecule has 0 radical (unpaired) electrons. The average molecular weight is 292 g/mol. The van der Waals surface area contributed by atoms with Crippen molar-refractivity contribution in [1.29, 1.82) is 0 Å². The number of benzene rings is 1. The maximum atomic E-state index is 13.2. The van der Waals surface area contributed by atoms with E-state index < -0.39 is 0 Å². The summed E-state index contributed by atoms with van der Waals surface area (Å²) in [6.45, 7) is 4.14. The molecule has 0 aliphatic heterocycles. The van der Waals surface area contributed by atoms with Crippen molar-refractivity contribution in [2.24, 2.45) is 5.84 Å². The minimum atomic E-state index is -0.271. The molecule has 1 aromatic heterocycles. The van der Waals surface area contributed by atoms with Crippen LogP contribution in [0.3, 0.4) is 0 Å². The summed E-state index contributed by atoms with van der Waals surface area (Å²) in [5, 5.41) is 2.96. The predicted molar refractivity (Wildman–Crippen MR) is 77.8 cm³/mol. The minimum absolute atomic E-state index is 0.168. The van der Waals surface area contributed by atoms with Gasteiger partial charge in [-0.15, -0.1) is 0 Å². The Kier molecular flexibility index (Phi) is 4.83. The molecule has 0 amide bonds. The smallest absolute Gasteiger partial charge is 0.323 e. The summed E-state index contributed by atoms with van der Waals surface area (Å²) in [7, 11) is 0. The van der Waals surface area contributed by atoms with Crippen LogP contribution in [-0.4, -0.2) is 21.6 Å². The second kappa shape index (κ2) is 6.80. The van der Waals surface area contributed by atoms with Gasteiger partial charge in [-0.3, -0.25) is 5.43 Å². The molecule has 112 valence electrons. The monoisotopic (exact) mass is 292 g/mol. The standard InChI is InChI=1S/C13H17FN6O/c1-3-6-21-13-18-11(17-12(19-13)20-15)16-9-4-5-10(14)8(2)7-9/h4-5,7H,3,6,15H2,1-2H3,(H2,16,17,18,19,20). The third-order valence-corrected chi connectivity index (χ3v) is 2.59. The number of nitrogens with one attached hydrogen (secondary N) is 2. The second-order valence-corrected chi connectivity index (χ2v) is 4.35. The lowest BCUT2D eigenvalue weighted by Gasteiger charge is -2.09. The van der Waals surface area contributed by atoms with Gasteiger partial charge in [0.15, 0.2) is 0 Å². The van der Waals surface area contributed by atoms with Gasteiger partial charge >= 0.3 is 6.01 Å². The molecule has 0 atom stereocenters. The lowest BCUT2D eigenvalue weighted by molar-refractivity contribution is 0.292. The van der Waals surface area contributed by atoms with Crippen LogP contribution in [0.2, 0.25) is 0 Å². The van der Waals surface area contributed by atoms with Gasteiger partial charge in [-0.2, -0.15) is 15.0 Å². The lowest BCUT2D eigenvalue weighted by Crippen LogP contribution is -2.13. The van der Waals surface area contributed by atoms with Crippen LogP contribution in [0.1, 0.15) is 18.9 Å². The van der Waals surface area contributed by atoms with E-state index in [0.717, 1.165) is 6.42 Å². The molecule has 0 bridgehead atoms. The molecule has 0 aliphatic rings.